The molecule has 0 unspecified atom stereocenters. The minimum absolute atomic E-state index is 0.116. The monoisotopic (exact) mass is 317 g/mol. The average Bonchev–Trinajstić information content (AvgIpc) is 3.13. The molecule has 0 saturated heterocycles. The number of hydrogen-bond donors (Lipinski definition) is 1. The fourth-order valence-electron chi connectivity index (χ4n) is 1.79. The summed E-state index contributed by atoms with van der Waals surface area (Å²) < 4.78 is 27.9. The van der Waals surface area contributed by atoms with Crippen molar-refractivity contribution in [1.29, 1.82) is 0 Å². The average molecular weight is 318 g/mol. The number of nitrogens with one attached hydrogen (secondary N) is 1. The Kier molecular flexibility index (Phi) is 3.97. The van der Waals surface area contributed by atoms with Crippen LogP contribution in [0.15, 0.2) is 23.1 Å². The highest BCUT2D eigenvalue weighted by Gasteiger charge is 2.37. The maximum absolute atomic E-state index is 12.0. The van der Waals surface area contributed by atoms with Gasteiger partial charge in [-0.15, -0.1) is 0 Å². The second-order valence-electron chi connectivity index (χ2n) is 5.30. The van der Waals surface area contributed by atoms with E-state index in [1.165, 1.54) is 25.3 Å². The lowest BCUT2D eigenvalue weighted by atomic mass is 10.1. The smallest absolute Gasteiger partial charge is 0.265 e. The molecule has 1 N–H and O–H groups in total. The largest absolute Gasteiger partial charge is 0.495 e. The van der Waals surface area contributed by atoms with Gasteiger partial charge < -0.3 is 10.1 Å². The zero-order valence-electron chi connectivity index (χ0n) is 11.3. The summed E-state index contributed by atoms with van der Waals surface area (Å²) in [6.07, 6.45) is 2.19. The highest BCUT2D eigenvalue weighted by molar-refractivity contribution is 8.13. The summed E-state index contributed by atoms with van der Waals surface area (Å²) >= 11 is 0. The molecule has 20 heavy (non-hydrogen) atoms. The van der Waals surface area contributed by atoms with Crippen LogP contribution < -0.4 is 10.1 Å². The van der Waals surface area contributed by atoms with E-state index >= 15 is 0 Å². The van der Waals surface area contributed by atoms with Crippen molar-refractivity contribution in [3.63, 3.8) is 0 Å². The number of carbonyl (C=O) groups excluding carboxylic acids is 1. The Morgan fingerprint density at radius 3 is 2.60 bits per heavy atom. The molecular weight excluding hydrogens is 302 g/mol. The summed E-state index contributed by atoms with van der Waals surface area (Å²) in [6.45, 7) is 2.68. The van der Waals surface area contributed by atoms with E-state index in [4.69, 9.17) is 15.4 Å². The summed E-state index contributed by atoms with van der Waals surface area (Å²) in [4.78, 5) is 11.8. The van der Waals surface area contributed by atoms with Crippen LogP contribution in [0.1, 0.15) is 30.1 Å². The Bertz CT molecular complexity index is 638. The summed E-state index contributed by atoms with van der Waals surface area (Å²) in [6, 6.07) is 4.16. The third-order valence-electron chi connectivity index (χ3n) is 3.47. The van der Waals surface area contributed by atoms with Crippen LogP contribution in [-0.4, -0.2) is 28.0 Å². The molecule has 0 bridgehead atoms. The Balaban J connectivity index is 2.22. The Morgan fingerprint density at radius 1 is 1.45 bits per heavy atom. The van der Waals surface area contributed by atoms with Gasteiger partial charge in [0.2, 0.25) is 0 Å². The van der Waals surface area contributed by atoms with E-state index in [-0.39, 0.29) is 27.5 Å². The molecule has 0 aromatic heterocycles. The maximum Gasteiger partial charge on any atom is 0.265 e. The molecule has 1 fully saturated rings. The molecule has 0 heterocycles. The molecule has 1 aromatic carbocycles. The normalized spacial score (nSPS) is 16.6. The zero-order valence-corrected chi connectivity index (χ0v) is 12.8. The van der Waals surface area contributed by atoms with E-state index < -0.39 is 9.05 Å². The quantitative estimate of drug-likeness (QED) is 0.845. The fraction of sp³-hybridized carbons (Fsp3) is 0.462. The number of amides is 1. The number of methoxy groups -OCH3 is 1. The molecule has 1 aliphatic rings. The SMILES string of the molecule is COc1ccc(C(=O)NCC2(C)CC2)cc1S(=O)(=O)Cl. The molecule has 1 amide bonds. The summed E-state index contributed by atoms with van der Waals surface area (Å²) in [5.41, 5.74) is 0.429. The van der Waals surface area contributed by atoms with Crippen LogP contribution in [0.3, 0.4) is 0 Å². The predicted molar refractivity (Wildman–Crippen MR) is 75.7 cm³/mol. The van der Waals surface area contributed by atoms with Crippen molar-refractivity contribution >= 4 is 25.6 Å². The third-order valence-corrected chi connectivity index (χ3v) is 4.81. The second kappa shape index (κ2) is 5.26. The Hall–Kier alpha value is -1.27. The van der Waals surface area contributed by atoms with Crippen LogP contribution in [-0.2, 0) is 9.05 Å². The van der Waals surface area contributed by atoms with E-state index in [0.717, 1.165) is 12.8 Å². The zero-order chi connectivity index (χ0) is 15.0. The molecule has 0 atom stereocenters. The van der Waals surface area contributed by atoms with E-state index in [0.29, 0.717) is 6.54 Å². The van der Waals surface area contributed by atoms with Gasteiger partial charge in [0.25, 0.3) is 15.0 Å². The lowest BCUT2D eigenvalue weighted by Crippen LogP contribution is -2.29. The van der Waals surface area contributed by atoms with Gasteiger partial charge in [-0.1, -0.05) is 6.92 Å². The van der Waals surface area contributed by atoms with Gasteiger partial charge in [0, 0.05) is 22.8 Å². The molecule has 1 aromatic rings. The van der Waals surface area contributed by atoms with E-state index in [1.54, 1.807) is 0 Å². The number of benzene rings is 1. The number of halogens is 1. The first kappa shape index (κ1) is 15.1. The van der Waals surface area contributed by atoms with Crippen molar-refractivity contribution in [3.8, 4) is 5.75 Å². The molecule has 0 aliphatic heterocycles. The van der Waals surface area contributed by atoms with E-state index in [2.05, 4.69) is 12.2 Å². The van der Waals surface area contributed by atoms with Gasteiger partial charge in [0.15, 0.2) is 0 Å². The topological polar surface area (TPSA) is 72.5 Å². The summed E-state index contributed by atoms with van der Waals surface area (Å²) in [5, 5.41) is 2.80. The molecule has 7 heteroatoms. The standard InChI is InChI=1S/C13H16ClNO4S/c1-13(5-6-13)8-15-12(16)9-3-4-10(19-2)11(7-9)20(14,17)18/h3-4,7H,5-6,8H2,1-2H3,(H,15,16). The van der Waals surface area contributed by atoms with Crippen molar-refractivity contribution < 1.29 is 17.9 Å². The molecule has 1 saturated carbocycles. The fourth-order valence-corrected chi connectivity index (χ4v) is 2.82. The molecular formula is C13H16ClNO4S. The van der Waals surface area contributed by atoms with Gasteiger partial charge in [-0.05, 0) is 36.5 Å². The molecule has 0 spiro atoms. The van der Waals surface area contributed by atoms with Crippen LogP contribution in [0.25, 0.3) is 0 Å². The number of carbonyl (C=O) groups is 1. The Morgan fingerprint density at radius 2 is 2.10 bits per heavy atom. The molecule has 1 aliphatic carbocycles. The van der Waals surface area contributed by atoms with Gasteiger partial charge >= 0.3 is 0 Å². The van der Waals surface area contributed by atoms with Gasteiger partial charge in [0.05, 0.1) is 7.11 Å². The number of ether oxygens (including phenoxy) is 1. The molecule has 5 nitrogen and oxygen atoms in total. The lowest BCUT2D eigenvalue weighted by Gasteiger charge is -2.11. The van der Waals surface area contributed by atoms with Gasteiger partial charge in [-0.2, -0.15) is 0 Å². The van der Waals surface area contributed by atoms with Crippen molar-refractivity contribution in [1.82, 2.24) is 5.32 Å². The van der Waals surface area contributed by atoms with Crippen molar-refractivity contribution in [2.45, 2.75) is 24.7 Å². The number of hydrogen-bond acceptors (Lipinski definition) is 4. The first-order valence-electron chi connectivity index (χ1n) is 6.16. The highest BCUT2D eigenvalue weighted by Crippen LogP contribution is 2.44. The summed E-state index contributed by atoms with van der Waals surface area (Å²) in [7, 11) is 2.72. The predicted octanol–water partition coefficient (Wildman–Crippen LogP) is 2.15. The lowest BCUT2D eigenvalue weighted by molar-refractivity contribution is 0.0946. The van der Waals surface area contributed by atoms with Crippen LogP contribution in [0.2, 0.25) is 0 Å². The maximum atomic E-state index is 12.0. The van der Waals surface area contributed by atoms with Gasteiger partial charge in [0.1, 0.15) is 10.6 Å². The summed E-state index contributed by atoms with van der Waals surface area (Å²) in [5.74, 6) is -0.201. The molecule has 110 valence electrons. The van der Waals surface area contributed by atoms with Crippen LogP contribution >= 0.6 is 10.7 Å². The Labute approximate surface area is 122 Å². The number of rotatable bonds is 5. The van der Waals surface area contributed by atoms with Crippen molar-refractivity contribution in [3.05, 3.63) is 23.8 Å². The minimum atomic E-state index is -3.97. The first-order valence-corrected chi connectivity index (χ1v) is 8.47. The third kappa shape index (κ3) is 3.43. The van der Waals surface area contributed by atoms with E-state index in [1.807, 2.05) is 0 Å². The van der Waals surface area contributed by atoms with Crippen molar-refractivity contribution in [2.24, 2.45) is 5.41 Å². The highest BCUT2D eigenvalue weighted by atomic mass is 35.7. The van der Waals surface area contributed by atoms with Crippen LogP contribution in [0, 0.1) is 5.41 Å². The first-order chi connectivity index (χ1) is 9.25. The second-order valence-corrected chi connectivity index (χ2v) is 7.83. The molecule has 0 radical (unpaired) electrons. The van der Waals surface area contributed by atoms with Crippen molar-refractivity contribution in [2.75, 3.05) is 13.7 Å². The van der Waals surface area contributed by atoms with E-state index in [9.17, 15) is 13.2 Å². The molecule has 2 rings (SSSR count). The van der Waals surface area contributed by atoms with Crippen LogP contribution in [0.5, 0.6) is 5.75 Å². The van der Waals surface area contributed by atoms with Crippen LogP contribution in [0.4, 0.5) is 0 Å². The van der Waals surface area contributed by atoms with Gasteiger partial charge in [-0.3, -0.25) is 4.79 Å². The van der Waals surface area contributed by atoms with Gasteiger partial charge in [-0.25, -0.2) is 8.42 Å². The minimum Gasteiger partial charge on any atom is -0.495 e.